The van der Waals surface area contributed by atoms with Crippen LogP contribution in [-0.4, -0.2) is 67.0 Å². The number of ether oxygens (including phenoxy) is 1. The number of aliphatic imine (C=N–C) groups is 1. The highest BCUT2D eigenvalue weighted by molar-refractivity contribution is 14.1. The maximum absolute atomic E-state index is 14.1. The molecule has 0 unspecified atom stereocenters. The van der Waals surface area contributed by atoms with Gasteiger partial charge in [-0.25, -0.2) is 40.7 Å². The Morgan fingerprint density at radius 2 is 1.03 bits per heavy atom. The largest absolute Gasteiger partial charge is 0.478 e. The molecule has 7 aromatic carbocycles. The van der Waals surface area contributed by atoms with Crippen molar-refractivity contribution in [2.75, 3.05) is 6.61 Å². The Kier molecular flexibility index (Phi) is 22.7. The van der Waals surface area contributed by atoms with Crippen LogP contribution in [0.4, 0.5) is 30.7 Å². The van der Waals surface area contributed by atoms with Gasteiger partial charge in [0, 0.05) is 39.9 Å². The van der Waals surface area contributed by atoms with Gasteiger partial charge in [0.1, 0.15) is 83.1 Å². The predicted molar refractivity (Wildman–Crippen MR) is 354 cm³/mol. The number of halogens is 11. The van der Waals surface area contributed by atoms with Gasteiger partial charge in [0.2, 0.25) is 11.2 Å². The van der Waals surface area contributed by atoms with Crippen LogP contribution < -0.4 is 0 Å². The van der Waals surface area contributed by atoms with Crippen LogP contribution in [0.3, 0.4) is 0 Å². The maximum atomic E-state index is 14.1. The van der Waals surface area contributed by atoms with Crippen molar-refractivity contribution in [1.29, 1.82) is 21.2 Å². The van der Waals surface area contributed by atoms with E-state index in [2.05, 4.69) is 78.3 Å². The van der Waals surface area contributed by atoms with Crippen molar-refractivity contribution in [1.82, 2.24) is 50.8 Å². The van der Waals surface area contributed by atoms with Crippen LogP contribution in [0.2, 0.25) is 5.28 Å². The number of nitrogens with one attached hydrogen (secondary N) is 5. The van der Waals surface area contributed by atoms with Gasteiger partial charge in [0.05, 0.1) is 69.5 Å². The molecule has 1 aliphatic rings. The number of aromatic amines is 4. The Morgan fingerprint density at radius 1 is 0.571 bits per heavy atom. The number of nitriles is 3. The summed E-state index contributed by atoms with van der Waals surface area (Å²) in [4.78, 5) is 12.1. The third-order valence-electron chi connectivity index (χ3n) is 12.9. The Balaban J connectivity index is 0.000000149. The summed E-state index contributed by atoms with van der Waals surface area (Å²) in [6.07, 6.45) is 12.2. The number of nitrogens with zero attached hydrogens (tertiary/aromatic N) is 10. The van der Waals surface area contributed by atoms with Gasteiger partial charge < -0.3 is 4.74 Å². The second kappa shape index (κ2) is 30.9. The summed E-state index contributed by atoms with van der Waals surface area (Å²) < 4.78 is 99.0. The molecule has 0 saturated heterocycles. The third kappa shape index (κ3) is 16.8. The number of hydrogen-bond acceptors (Lipinski definition) is 12. The first-order valence-electron chi connectivity index (χ1n) is 26.2. The number of aromatic nitrogens is 10. The van der Waals surface area contributed by atoms with Crippen LogP contribution in [0.5, 0.6) is 0 Å². The van der Waals surface area contributed by atoms with E-state index in [-0.39, 0.29) is 63.3 Å². The van der Waals surface area contributed by atoms with Crippen molar-refractivity contribution in [3.8, 4) is 18.2 Å². The molecular weight excluding hydrogens is 1450 g/mol. The van der Waals surface area contributed by atoms with E-state index in [9.17, 15) is 30.7 Å². The first-order chi connectivity index (χ1) is 43.4. The van der Waals surface area contributed by atoms with Crippen molar-refractivity contribution < 1.29 is 35.5 Å². The number of hydrogen-bond donors (Lipinski definition) is 5. The van der Waals surface area contributed by atoms with Crippen LogP contribution in [0.25, 0.3) is 80.2 Å². The molecule has 0 aliphatic carbocycles. The van der Waals surface area contributed by atoms with Crippen molar-refractivity contribution >= 4 is 159 Å². The molecule has 0 radical (unpaired) electrons. The Hall–Kier alpha value is -10.1. The van der Waals surface area contributed by atoms with Gasteiger partial charge in [-0.05, 0) is 171 Å². The van der Waals surface area contributed by atoms with Crippen molar-refractivity contribution in [2.24, 2.45) is 4.99 Å². The molecule has 5 aromatic heterocycles. The molecular formula is C64H40Cl2F7I2N15O. The maximum Gasteiger partial charge on any atom is 0.223 e. The lowest BCUT2D eigenvalue weighted by molar-refractivity contribution is 0.324. The van der Waals surface area contributed by atoms with E-state index in [1.165, 1.54) is 78.9 Å². The molecule has 13 rings (SSSR count). The average Bonchev–Trinajstić information content (AvgIpc) is 1.87. The van der Waals surface area contributed by atoms with E-state index in [1.807, 2.05) is 34.7 Å². The van der Waals surface area contributed by atoms with Crippen LogP contribution in [0, 0.1) is 83.8 Å². The summed E-state index contributed by atoms with van der Waals surface area (Å²) in [5, 5.41) is 63.3. The Labute approximate surface area is 550 Å². The standard InChI is InChI=1S/C18H15F2N3O.C16H9F2N3.C13H8ClFN4.C9H4FIN2.C8H3FIN3.ClH/c1-2-24-18(21)13-9-14-16(22-23-17(14)10-15(13)20)8-5-11-3-6-12(19)7-4-11;17-12-4-1-10(2-5-12)3-6-15-13-7-11(9-19)14(18)8-16(13)21-20-15;14-13-16-7-11-12(17-13)10(18-19-11)6-3-8-1-4-9(15)5-2-8;10-8-2-6-4-13-9(11)7(6)1-5(8)3-12;9-6-2-7-5(1-4(6)3-11)8(10)13-12-7;/h3-10,21H,2H2,1H3,(H,22,23);1-8H,(H,20,21);1-7H,(H,18,19);1-2H,4H2;1-2H,(H,12,13);1H/b8-5+,21-18?;2*6-3+;;;. The molecule has 12 aromatic rings. The molecule has 454 valence electrons. The topological polar surface area (TPSA) is 257 Å². The number of fused-ring (bicyclic) bond motifs is 5. The molecule has 91 heavy (non-hydrogen) atoms. The van der Waals surface area contributed by atoms with Crippen molar-refractivity contribution in [3.63, 3.8) is 0 Å². The zero-order valence-corrected chi connectivity index (χ0v) is 52.5. The summed E-state index contributed by atoms with van der Waals surface area (Å²) in [7, 11) is 0. The summed E-state index contributed by atoms with van der Waals surface area (Å²) >= 11 is 9.89. The summed E-state index contributed by atoms with van der Waals surface area (Å²) in [6.45, 7) is 2.55. The fourth-order valence-electron chi connectivity index (χ4n) is 8.38. The van der Waals surface area contributed by atoms with E-state index < -0.39 is 23.3 Å². The second-order valence-corrected chi connectivity index (χ2v) is 21.2. The van der Waals surface area contributed by atoms with E-state index in [0.29, 0.717) is 68.6 Å². The number of H-pyrrole nitrogens is 4. The molecule has 16 nitrogen and oxygen atoms in total. The third-order valence-corrected chi connectivity index (χ3v) is 14.8. The van der Waals surface area contributed by atoms with Gasteiger partial charge in [-0.2, -0.15) is 36.2 Å². The average molecular weight is 1490 g/mol. The van der Waals surface area contributed by atoms with Gasteiger partial charge >= 0.3 is 0 Å². The number of benzene rings is 7. The minimum Gasteiger partial charge on any atom is -0.478 e. The minimum absolute atomic E-state index is 0. The van der Waals surface area contributed by atoms with Crippen molar-refractivity contribution in [2.45, 2.75) is 13.5 Å². The predicted octanol–water partition coefficient (Wildman–Crippen LogP) is 16.6. The smallest absolute Gasteiger partial charge is 0.223 e. The first kappa shape index (κ1) is 66.8. The molecule has 27 heteroatoms. The second-order valence-electron chi connectivity index (χ2n) is 18.7. The van der Waals surface area contributed by atoms with Gasteiger partial charge in [0.25, 0.3) is 0 Å². The lowest BCUT2D eigenvalue weighted by Crippen LogP contribution is -2.07. The summed E-state index contributed by atoms with van der Waals surface area (Å²) in [5.74, 6) is -3.19. The molecule has 5 N–H and O–H groups in total. The molecule has 0 saturated carbocycles. The highest BCUT2D eigenvalue weighted by Crippen LogP contribution is 2.28. The van der Waals surface area contributed by atoms with Gasteiger partial charge in [-0.1, -0.05) is 54.6 Å². The molecule has 0 fully saturated rings. The normalized spacial score (nSPS) is 11.3. The van der Waals surface area contributed by atoms with Gasteiger partial charge in [-0.3, -0.25) is 30.8 Å². The quantitative estimate of drug-likeness (QED) is 0.0316. The van der Waals surface area contributed by atoms with E-state index in [1.54, 1.807) is 98.1 Å². The molecule has 0 spiro atoms. The molecule has 0 bridgehead atoms. The Bertz CT molecular complexity index is 4910. The molecule has 0 amide bonds. The van der Waals surface area contributed by atoms with Crippen LogP contribution in [0.1, 0.15) is 74.1 Å². The zero-order valence-electron chi connectivity index (χ0n) is 46.6. The zero-order chi connectivity index (χ0) is 64.0. The van der Waals surface area contributed by atoms with Crippen molar-refractivity contribution in [3.05, 3.63) is 244 Å². The van der Waals surface area contributed by atoms with Gasteiger partial charge in [0.15, 0.2) is 0 Å². The molecule has 6 heterocycles. The van der Waals surface area contributed by atoms with Crippen LogP contribution in [-0.2, 0) is 11.3 Å². The first-order valence-corrected chi connectivity index (χ1v) is 28.8. The fourth-order valence-corrected chi connectivity index (χ4v) is 9.73. The minimum atomic E-state index is -0.581. The molecule has 1 aliphatic heterocycles. The molecule has 0 atom stereocenters. The highest BCUT2D eigenvalue weighted by Gasteiger charge is 2.18. The van der Waals surface area contributed by atoms with E-state index in [0.717, 1.165) is 40.6 Å². The van der Waals surface area contributed by atoms with Crippen LogP contribution >= 0.6 is 69.2 Å². The summed E-state index contributed by atoms with van der Waals surface area (Å²) in [5.41, 5.74) is 9.24. The lowest BCUT2D eigenvalue weighted by Gasteiger charge is -2.06. The fraction of sp³-hybridized carbons (Fsp3) is 0.0469. The lowest BCUT2D eigenvalue weighted by atomic mass is 10.1. The summed E-state index contributed by atoms with van der Waals surface area (Å²) in [6, 6.07) is 34.9. The van der Waals surface area contributed by atoms with Gasteiger partial charge in [-0.15, -0.1) is 12.4 Å². The van der Waals surface area contributed by atoms with Crippen LogP contribution in [0.15, 0.2) is 133 Å². The van der Waals surface area contributed by atoms with E-state index in [4.69, 9.17) is 37.5 Å². The van der Waals surface area contributed by atoms with E-state index >= 15 is 0 Å². The monoisotopic (exact) mass is 1490 g/mol. The Morgan fingerprint density at radius 3 is 1.57 bits per heavy atom. The highest BCUT2D eigenvalue weighted by atomic mass is 127. The SMILES string of the molecule is CCOC(=N)c1cc2c(/C=C/c3ccc(F)cc3)n[nH]c2cc1F.Cl.Fc1ccc(/C=C/c2n[nH]c3cnc(Cl)nc23)cc1.N#Cc1cc2c(/C=C/c3ccc(F)cc3)n[nH]c2cc1F.N#Cc1cc2c(I)[nH]nc2cc1F.N#Cc1cc2c(cc1F)CN=C2I. The number of rotatable bonds is 8.